The fourth-order valence-corrected chi connectivity index (χ4v) is 2.17. The molecule has 1 aromatic rings. The van der Waals surface area contributed by atoms with Gasteiger partial charge in [0.1, 0.15) is 6.61 Å². The number of carbonyl (C=O) groups is 2. The summed E-state index contributed by atoms with van der Waals surface area (Å²) in [6.45, 7) is 1.34. The van der Waals surface area contributed by atoms with Gasteiger partial charge in [-0.2, -0.15) is 0 Å². The summed E-state index contributed by atoms with van der Waals surface area (Å²) >= 11 is 0. The number of aromatic nitrogens is 2. The zero-order valence-electron chi connectivity index (χ0n) is 11.7. The van der Waals surface area contributed by atoms with E-state index in [1.54, 1.807) is 18.7 Å². The maximum Gasteiger partial charge on any atom is 0.243 e. The Kier molecular flexibility index (Phi) is 5.70. The molecule has 21 heavy (non-hydrogen) atoms. The number of aryl methyl sites for hydroxylation is 1. The number of amides is 2. The number of nitrogens with two attached hydrogens (primary N) is 1. The van der Waals surface area contributed by atoms with Gasteiger partial charge in [0.25, 0.3) is 0 Å². The summed E-state index contributed by atoms with van der Waals surface area (Å²) in [4.78, 5) is 26.6. The van der Waals surface area contributed by atoms with E-state index < -0.39 is 5.91 Å². The molecule has 2 heterocycles. The summed E-state index contributed by atoms with van der Waals surface area (Å²) in [7, 11) is 0. The molecule has 1 saturated heterocycles. The molecule has 2 amide bonds. The number of hydrogen-bond acceptors (Lipinski definition) is 5. The van der Waals surface area contributed by atoms with Gasteiger partial charge < -0.3 is 25.1 Å². The third-order valence-corrected chi connectivity index (χ3v) is 3.24. The van der Waals surface area contributed by atoms with Gasteiger partial charge in [-0.3, -0.25) is 9.59 Å². The van der Waals surface area contributed by atoms with Crippen molar-refractivity contribution in [1.82, 2.24) is 14.9 Å². The first-order valence-electron chi connectivity index (χ1n) is 6.88. The van der Waals surface area contributed by atoms with Crippen LogP contribution in [0.1, 0.15) is 12.8 Å². The minimum Gasteiger partial charge on any atom is -0.379 e. The highest BCUT2D eigenvalue weighted by atomic mass is 16.5. The first-order valence-corrected chi connectivity index (χ1v) is 6.88. The number of imidazole rings is 1. The largest absolute Gasteiger partial charge is 0.379 e. The Bertz CT molecular complexity index is 463. The van der Waals surface area contributed by atoms with E-state index >= 15 is 0 Å². The van der Waals surface area contributed by atoms with Crippen molar-refractivity contribution in [2.75, 3.05) is 19.8 Å². The van der Waals surface area contributed by atoms with Gasteiger partial charge >= 0.3 is 0 Å². The van der Waals surface area contributed by atoms with E-state index in [0.717, 1.165) is 0 Å². The van der Waals surface area contributed by atoms with Crippen LogP contribution < -0.4 is 11.1 Å². The molecule has 2 atom stereocenters. The predicted molar refractivity (Wildman–Crippen MR) is 73.1 cm³/mol. The van der Waals surface area contributed by atoms with Gasteiger partial charge in [0, 0.05) is 32.0 Å². The van der Waals surface area contributed by atoms with Crippen LogP contribution >= 0.6 is 0 Å². The second kappa shape index (κ2) is 7.75. The van der Waals surface area contributed by atoms with E-state index in [4.69, 9.17) is 15.2 Å². The summed E-state index contributed by atoms with van der Waals surface area (Å²) in [5, 5.41) is 2.88. The van der Waals surface area contributed by atoms with Gasteiger partial charge in [-0.1, -0.05) is 0 Å². The lowest BCUT2D eigenvalue weighted by Gasteiger charge is -2.31. The average molecular weight is 296 g/mol. The molecule has 0 aromatic carbocycles. The third kappa shape index (κ3) is 5.16. The van der Waals surface area contributed by atoms with Crippen LogP contribution in [0.5, 0.6) is 0 Å². The molecule has 8 nitrogen and oxygen atoms in total. The second-order valence-electron chi connectivity index (χ2n) is 4.90. The molecule has 0 aliphatic carbocycles. The first-order chi connectivity index (χ1) is 10.1. The average Bonchev–Trinajstić information content (AvgIpc) is 2.97. The summed E-state index contributed by atoms with van der Waals surface area (Å²) < 4.78 is 12.6. The lowest BCUT2D eigenvalue weighted by molar-refractivity contribution is -0.131. The number of nitrogens with zero attached hydrogens (tertiary/aromatic N) is 2. The van der Waals surface area contributed by atoms with E-state index in [1.807, 2.05) is 4.57 Å². The smallest absolute Gasteiger partial charge is 0.243 e. The van der Waals surface area contributed by atoms with Crippen molar-refractivity contribution in [3.05, 3.63) is 18.7 Å². The Hall–Kier alpha value is -1.93. The lowest BCUT2D eigenvalue weighted by atomic mass is 10.1. The quantitative estimate of drug-likeness (QED) is 0.674. The third-order valence-electron chi connectivity index (χ3n) is 3.24. The van der Waals surface area contributed by atoms with Crippen molar-refractivity contribution in [2.24, 2.45) is 5.73 Å². The fourth-order valence-electron chi connectivity index (χ4n) is 2.17. The summed E-state index contributed by atoms with van der Waals surface area (Å²) in [5.74, 6) is -0.612. The van der Waals surface area contributed by atoms with Gasteiger partial charge in [0.15, 0.2) is 0 Å². The number of ether oxygens (including phenoxy) is 2. The monoisotopic (exact) mass is 296 g/mol. The summed E-state index contributed by atoms with van der Waals surface area (Å²) in [5.41, 5.74) is 5.07. The predicted octanol–water partition coefficient (Wildman–Crippen LogP) is -0.951. The molecule has 116 valence electrons. The van der Waals surface area contributed by atoms with Crippen molar-refractivity contribution in [1.29, 1.82) is 0 Å². The Morgan fingerprint density at radius 3 is 3.10 bits per heavy atom. The van der Waals surface area contributed by atoms with Crippen LogP contribution in [0.25, 0.3) is 0 Å². The van der Waals surface area contributed by atoms with Crippen LogP contribution in [-0.2, 0) is 25.6 Å². The van der Waals surface area contributed by atoms with E-state index in [9.17, 15) is 9.59 Å². The standard InChI is InChI=1S/C13H20N4O4/c14-12(18)8-21-11-2-6-20-7-10(11)16-13(19)1-4-17-5-3-15-9-17/h3,5,9-11H,1-2,4,6-8H2,(H2,14,18)(H,16,19)/t10-,11+/m1/s1. The molecule has 0 unspecified atom stereocenters. The Balaban J connectivity index is 1.77. The van der Waals surface area contributed by atoms with E-state index in [2.05, 4.69) is 10.3 Å². The number of rotatable bonds is 7. The molecular formula is C13H20N4O4. The molecule has 1 aliphatic heterocycles. The summed E-state index contributed by atoms with van der Waals surface area (Å²) in [6.07, 6.45) is 5.85. The van der Waals surface area contributed by atoms with Crippen LogP contribution in [0.2, 0.25) is 0 Å². The zero-order chi connectivity index (χ0) is 15.1. The van der Waals surface area contributed by atoms with Gasteiger partial charge in [-0.05, 0) is 6.42 Å². The number of primary amides is 1. The fraction of sp³-hybridized carbons (Fsp3) is 0.615. The van der Waals surface area contributed by atoms with E-state index in [1.165, 1.54) is 0 Å². The second-order valence-corrected chi connectivity index (χ2v) is 4.90. The Morgan fingerprint density at radius 1 is 1.52 bits per heavy atom. The van der Waals surface area contributed by atoms with Crippen molar-refractivity contribution in [3.63, 3.8) is 0 Å². The minimum atomic E-state index is -0.522. The molecule has 0 bridgehead atoms. The van der Waals surface area contributed by atoms with Crippen molar-refractivity contribution < 1.29 is 19.1 Å². The topological polar surface area (TPSA) is 108 Å². The maximum atomic E-state index is 11.9. The molecule has 0 spiro atoms. The molecule has 2 rings (SSSR count). The molecule has 1 fully saturated rings. The lowest BCUT2D eigenvalue weighted by Crippen LogP contribution is -2.51. The molecule has 0 radical (unpaired) electrons. The van der Waals surface area contributed by atoms with Crippen molar-refractivity contribution >= 4 is 11.8 Å². The highest BCUT2D eigenvalue weighted by molar-refractivity contribution is 5.76. The van der Waals surface area contributed by atoms with Crippen LogP contribution in [0.4, 0.5) is 0 Å². The van der Waals surface area contributed by atoms with Crippen molar-refractivity contribution in [2.45, 2.75) is 31.5 Å². The van der Waals surface area contributed by atoms with Gasteiger partial charge in [0.05, 0.1) is 25.1 Å². The maximum absolute atomic E-state index is 11.9. The molecule has 1 aliphatic rings. The molecule has 8 heteroatoms. The van der Waals surface area contributed by atoms with E-state index in [0.29, 0.717) is 32.6 Å². The molecular weight excluding hydrogens is 276 g/mol. The van der Waals surface area contributed by atoms with Crippen LogP contribution in [0.15, 0.2) is 18.7 Å². The number of nitrogens with one attached hydrogen (secondary N) is 1. The highest BCUT2D eigenvalue weighted by Gasteiger charge is 2.28. The normalized spacial score (nSPS) is 21.9. The van der Waals surface area contributed by atoms with Gasteiger partial charge in [-0.15, -0.1) is 0 Å². The zero-order valence-corrected chi connectivity index (χ0v) is 11.7. The number of carbonyl (C=O) groups excluding carboxylic acids is 2. The van der Waals surface area contributed by atoms with Crippen molar-refractivity contribution in [3.8, 4) is 0 Å². The first kappa shape index (κ1) is 15.5. The highest BCUT2D eigenvalue weighted by Crippen LogP contribution is 2.12. The Labute approximate surface area is 122 Å². The van der Waals surface area contributed by atoms with Crippen LogP contribution in [0.3, 0.4) is 0 Å². The Morgan fingerprint density at radius 2 is 2.38 bits per heavy atom. The van der Waals surface area contributed by atoms with Gasteiger partial charge in [-0.25, -0.2) is 4.98 Å². The van der Waals surface area contributed by atoms with Crippen LogP contribution in [-0.4, -0.2) is 53.3 Å². The molecule has 0 saturated carbocycles. The molecule has 1 aromatic heterocycles. The minimum absolute atomic E-state index is 0.0909. The van der Waals surface area contributed by atoms with E-state index in [-0.39, 0.29) is 24.7 Å². The molecule has 3 N–H and O–H groups in total. The SMILES string of the molecule is NC(=O)CO[C@H]1CCOC[C@H]1NC(=O)CCn1ccnc1. The number of hydrogen-bond donors (Lipinski definition) is 2. The summed E-state index contributed by atoms with van der Waals surface area (Å²) in [6, 6.07) is -0.256. The van der Waals surface area contributed by atoms with Gasteiger partial charge in [0.2, 0.25) is 11.8 Å². The van der Waals surface area contributed by atoms with Crippen LogP contribution in [0, 0.1) is 0 Å².